The van der Waals surface area contributed by atoms with Crippen molar-refractivity contribution < 1.29 is 13.9 Å². The maximum absolute atomic E-state index is 14.0. The Morgan fingerprint density at radius 2 is 1.97 bits per heavy atom. The van der Waals surface area contributed by atoms with E-state index in [2.05, 4.69) is 20.5 Å². The molecule has 1 heterocycles. The number of H-pyrrole nitrogens is 1. The van der Waals surface area contributed by atoms with Gasteiger partial charge in [0.25, 0.3) is 5.56 Å². The lowest BCUT2D eigenvalue weighted by Gasteiger charge is -2.12. The molecule has 0 atom stereocenters. The van der Waals surface area contributed by atoms with Gasteiger partial charge in [-0.25, -0.2) is 14.8 Å². The maximum Gasteiger partial charge on any atom is 0.270 e. The van der Waals surface area contributed by atoms with E-state index in [1.165, 1.54) is 25.5 Å². The number of nitrogens with one attached hydrogen (secondary N) is 2. The molecule has 0 fully saturated rings. The fraction of sp³-hybridized carbons (Fsp3) is 0.0769. The monoisotopic (exact) mass is 503 g/mol. The van der Waals surface area contributed by atoms with Crippen LogP contribution in [-0.2, 0) is 6.61 Å². The van der Waals surface area contributed by atoms with Gasteiger partial charge in [-0.1, -0.05) is 48.0 Å². The number of hydrazone groups is 1. The number of nitriles is 1. The zero-order valence-corrected chi connectivity index (χ0v) is 19.7. The molecule has 0 spiro atoms. The Hall–Kier alpha value is -4.68. The van der Waals surface area contributed by atoms with Gasteiger partial charge in [0, 0.05) is 11.1 Å². The second-order valence-electron chi connectivity index (χ2n) is 7.39. The van der Waals surface area contributed by atoms with Gasteiger partial charge in [0.15, 0.2) is 11.5 Å². The number of benzene rings is 3. The standard InChI is InChI=1S/C26H19ClFN5O3/c1-35-23-12-16(10-11-22(23)36-15-19-20(27)8-5-9-21(19)28)14-30-33-26-31-24(17-6-3-2-4-7-17)18(13-29)25(34)32-26/h2-12,14H,15H2,1H3,(H2,31,32,33,34). The zero-order valence-electron chi connectivity index (χ0n) is 19.0. The summed E-state index contributed by atoms with van der Waals surface area (Å²) in [4.78, 5) is 19.2. The smallest absolute Gasteiger partial charge is 0.270 e. The van der Waals surface area contributed by atoms with Crippen LogP contribution in [0.2, 0.25) is 5.02 Å². The normalized spacial score (nSPS) is 10.7. The molecule has 2 N–H and O–H groups in total. The van der Waals surface area contributed by atoms with Gasteiger partial charge in [-0.2, -0.15) is 10.4 Å². The Morgan fingerprint density at radius 3 is 2.69 bits per heavy atom. The van der Waals surface area contributed by atoms with Crippen LogP contribution in [0.1, 0.15) is 16.7 Å². The van der Waals surface area contributed by atoms with Gasteiger partial charge in [0.05, 0.1) is 24.0 Å². The number of anilines is 1. The third-order valence-electron chi connectivity index (χ3n) is 5.08. The Morgan fingerprint density at radius 1 is 1.17 bits per heavy atom. The summed E-state index contributed by atoms with van der Waals surface area (Å²) >= 11 is 6.05. The molecule has 0 bridgehead atoms. The Kier molecular flexibility index (Phi) is 7.58. The first-order chi connectivity index (χ1) is 17.5. The summed E-state index contributed by atoms with van der Waals surface area (Å²) in [5, 5.41) is 13.8. The van der Waals surface area contributed by atoms with Crippen LogP contribution in [-0.4, -0.2) is 23.3 Å². The second kappa shape index (κ2) is 11.2. The van der Waals surface area contributed by atoms with E-state index in [1.54, 1.807) is 48.5 Å². The molecule has 0 radical (unpaired) electrons. The minimum Gasteiger partial charge on any atom is -0.493 e. The van der Waals surface area contributed by atoms with Gasteiger partial charge >= 0.3 is 0 Å². The maximum atomic E-state index is 14.0. The molecule has 4 aromatic rings. The van der Waals surface area contributed by atoms with E-state index in [9.17, 15) is 14.4 Å². The van der Waals surface area contributed by atoms with E-state index < -0.39 is 11.4 Å². The van der Waals surface area contributed by atoms with Crippen molar-refractivity contribution in [3.05, 3.63) is 105 Å². The fourth-order valence-electron chi connectivity index (χ4n) is 3.31. The van der Waals surface area contributed by atoms with E-state index in [0.717, 1.165) is 0 Å². The lowest BCUT2D eigenvalue weighted by Crippen LogP contribution is -2.16. The highest BCUT2D eigenvalue weighted by atomic mass is 35.5. The molecule has 1 aromatic heterocycles. The van der Waals surface area contributed by atoms with E-state index in [1.807, 2.05) is 12.1 Å². The van der Waals surface area contributed by atoms with Gasteiger partial charge in [0.1, 0.15) is 24.1 Å². The van der Waals surface area contributed by atoms with Crippen LogP contribution in [0.25, 0.3) is 11.3 Å². The quantitative estimate of drug-likeness (QED) is 0.254. The summed E-state index contributed by atoms with van der Waals surface area (Å²) in [7, 11) is 1.48. The third-order valence-corrected chi connectivity index (χ3v) is 5.44. The van der Waals surface area contributed by atoms with Gasteiger partial charge in [0.2, 0.25) is 5.95 Å². The summed E-state index contributed by atoms with van der Waals surface area (Å²) in [6.45, 7) is -0.0711. The van der Waals surface area contributed by atoms with Crippen LogP contribution >= 0.6 is 11.6 Å². The Labute approximate surface area is 210 Å². The molecule has 8 nitrogen and oxygen atoms in total. The summed E-state index contributed by atoms with van der Waals surface area (Å²) in [5.74, 6) is 0.416. The van der Waals surface area contributed by atoms with Crippen LogP contribution in [0.5, 0.6) is 11.5 Å². The van der Waals surface area contributed by atoms with Gasteiger partial charge in [-0.05, 0) is 35.9 Å². The van der Waals surface area contributed by atoms with Crippen molar-refractivity contribution in [3.8, 4) is 28.8 Å². The highest BCUT2D eigenvalue weighted by Crippen LogP contribution is 2.30. The van der Waals surface area contributed by atoms with Crippen LogP contribution < -0.4 is 20.5 Å². The van der Waals surface area contributed by atoms with E-state index in [0.29, 0.717) is 22.6 Å². The first-order valence-corrected chi connectivity index (χ1v) is 11.0. The summed E-state index contributed by atoms with van der Waals surface area (Å²) in [5.41, 5.74) is 3.77. The average molecular weight is 504 g/mol. The Bertz CT molecular complexity index is 1500. The highest BCUT2D eigenvalue weighted by molar-refractivity contribution is 6.31. The molecule has 0 saturated heterocycles. The third kappa shape index (κ3) is 5.51. The molecular weight excluding hydrogens is 485 g/mol. The summed E-state index contributed by atoms with van der Waals surface area (Å²) in [6.07, 6.45) is 1.49. The van der Waals surface area contributed by atoms with Crippen LogP contribution in [0, 0.1) is 17.1 Å². The molecular formula is C26H19ClFN5O3. The predicted molar refractivity (Wildman–Crippen MR) is 135 cm³/mol. The van der Waals surface area contributed by atoms with Crippen molar-refractivity contribution in [3.63, 3.8) is 0 Å². The number of aromatic nitrogens is 2. The minimum atomic E-state index is -0.581. The van der Waals surface area contributed by atoms with E-state index in [4.69, 9.17) is 21.1 Å². The van der Waals surface area contributed by atoms with Crippen molar-refractivity contribution in [2.45, 2.75) is 6.61 Å². The van der Waals surface area contributed by atoms with Crippen LogP contribution in [0.3, 0.4) is 0 Å². The molecule has 0 aliphatic carbocycles. The number of rotatable bonds is 8. The lowest BCUT2D eigenvalue weighted by atomic mass is 10.1. The van der Waals surface area contributed by atoms with Crippen molar-refractivity contribution in [2.24, 2.45) is 5.10 Å². The Balaban J connectivity index is 1.50. The van der Waals surface area contributed by atoms with Crippen molar-refractivity contribution >= 4 is 23.8 Å². The second-order valence-corrected chi connectivity index (χ2v) is 7.79. The number of halogens is 2. The highest BCUT2D eigenvalue weighted by Gasteiger charge is 2.13. The van der Waals surface area contributed by atoms with Crippen LogP contribution in [0.15, 0.2) is 76.6 Å². The largest absolute Gasteiger partial charge is 0.493 e. The van der Waals surface area contributed by atoms with Gasteiger partial charge in [-0.15, -0.1) is 0 Å². The molecule has 4 rings (SSSR count). The molecule has 0 aliphatic heterocycles. The summed E-state index contributed by atoms with van der Waals surface area (Å²) in [6, 6.07) is 20.3. The summed E-state index contributed by atoms with van der Waals surface area (Å²) < 4.78 is 25.1. The molecule has 3 aromatic carbocycles. The molecule has 0 saturated carbocycles. The van der Waals surface area contributed by atoms with E-state index >= 15 is 0 Å². The molecule has 180 valence electrons. The lowest BCUT2D eigenvalue weighted by molar-refractivity contribution is 0.280. The topological polar surface area (TPSA) is 112 Å². The number of hydrogen-bond acceptors (Lipinski definition) is 7. The molecule has 0 amide bonds. The number of aromatic amines is 1. The van der Waals surface area contributed by atoms with E-state index in [-0.39, 0.29) is 34.4 Å². The SMILES string of the molecule is COc1cc(C=NNc2nc(-c3ccccc3)c(C#N)c(=O)[nH]2)ccc1OCc1c(F)cccc1Cl. The van der Waals surface area contributed by atoms with Crippen LogP contribution in [0.4, 0.5) is 10.3 Å². The first kappa shape index (κ1) is 24.4. The van der Waals surface area contributed by atoms with Gasteiger partial charge in [-0.3, -0.25) is 9.78 Å². The first-order valence-electron chi connectivity index (χ1n) is 10.6. The van der Waals surface area contributed by atoms with Crippen molar-refractivity contribution in [1.29, 1.82) is 5.26 Å². The fourth-order valence-corrected chi connectivity index (χ4v) is 3.52. The molecule has 36 heavy (non-hydrogen) atoms. The molecule has 10 heteroatoms. The predicted octanol–water partition coefficient (Wildman–Crippen LogP) is 5.13. The zero-order chi connectivity index (χ0) is 25.5. The number of methoxy groups -OCH3 is 1. The number of hydrogen-bond donors (Lipinski definition) is 2. The molecule has 0 aliphatic rings. The number of ether oxygens (including phenoxy) is 2. The van der Waals surface area contributed by atoms with Crippen molar-refractivity contribution in [1.82, 2.24) is 9.97 Å². The van der Waals surface area contributed by atoms with Gasteiger partial charge < -0.3 is 9.47 Å². The van der Waals surface area contributed by atoms with Crippen molar-refractivity contribution in [2.75, 3.05) is 12.5 Å². The molecule has 0 unspecified atom stereocenters. The minimum absolute atomic E-state index is 0.0711. The average Bonchev–Trinajstić information content (AvgIpc) is 2.89. The number of nitrogens with zero attached hydrogens (tertiary/aromatic N) is 3.